The first-order valence-electron chi connectivity index (χ1n) is 5.85. The summed E-state index contributed by atoms with van der Waals surface area (Å²) in [6.45, 7) is 0.179. The van der Waals surface area contributed by atoms with Gasteiger partial charge in [0, 0.05) is 0 Å². The van der Waals surface area contributed by atoms with E-state index < -0.39 is 17.9 Å². The van der Waals surface area contributed by atoms with E-state index in [1.165, 1.54) is 4.90 Å². The van der Waals surface area contributed by atoms with Gasteiger partial charge in [0.15, 0.2) is 0 Å². The molecule has 1 aliphatic rings. The molecule has 0 amide bonds. The van der Waals surface area contributed by atoms with E-state index in [0.717, 1.165) is 12.8 Å². The van der Waals surface area contributed by atoms with Crippen LogP contribution in [0.25, 0.3) is 0 Å². The van der Waals surface area contributed by atoms with Crippen molar-refractivity contribution in [1.29, 1.82) is 0 Å². The lowest BCUT2D eigenvalue weighted by Gasteiger charge is -2.28. The lowest BCUT2D eigenvalue weighted by Crippen LogP contribution is -2.51. The van der Waals surface area contributed by atoms with E-state index in [1.54, 1.807) is 7.05 Å². The van der Waals surface area contributed by atoms with Crippen LogP contribution in [0.15, 0.2) is 0 Å². The third kappa shape index (κ3) is 3.61. The summed E-state index contributed by atoms with van der Waals surface area (Å²) in [5.41, 5.74) is 4.71. The van der Waals surface area contributed by atoms with Crippen molar-refractivity contribution < 1.29 is 18.7 Å². The predicted molar refractivity (Wildman–Crippen MR) is 60.0 cm³/mol. The Bertz CT molecular complexity index is 276. The smallest absolute Gasteiger partial charge is 0.323 e. The Labute approximate surface area is 99.8 Å². The maximum Gasteiger partial charge on any atom is 0.323 e. The van der Waals surface area contributed by atoms with Crippen molar-refractivity contribution in [1.82, 2.24) is 4.90 Å². The molecule has 0 spiro atoms. The lowest BCUT2D eigenvalue weighted by molar-refractivity contribution is -0.144. The predicted octanol–water partition coefficient (Wildman–Crippen LogP) is 1.16. The summed E-state index contributed by atoms with van der Waals surface area (Å²) in [4.78, 5) is 12.6. The molecule has 0 aliphatic heterocycles. The summed E-state index contributed by atoms with van der Waals surface area (Å²) >= 11 is 0. The molecule has 1 fully saturated rings. The van der Waals surface area contributed by atoms with Gasteiger partial charge in [-0.2, -0.15) is 0 Å². The van der Waals surface area contributed by atoms with E-state index in [2.05, 4.69) is 0 Å². The molecule has 2 unspecified atom stereocenters. The van der Waals surface area contributed by atoms with Gasteiger partial charge in [-0.15, -0.1) is 0 Å². The van der Waals surface area contributed by atoms with Crippen molar-refractivity contribution in [2.24, 2.45) is 11.7 Å². The third-order valence-corrected chi connectivity index (χ3v) is 3.58. The molecule has 0 aromatic rings. The van der Waals surface area contributed by atoms with Crippen molar-refractivity contribution in [2.45, 2.75) is 37.6 Å². The van der Waals surface area contributed by atoms with Crippen molar-refractivity contribution in [3.63, 3.8) is 0 Å². The maximum absolute atomic E-state index is 12.1. The summed E-state index contributed by atoms with van der Waals surface area (Å²) in [6.07, 6.45) is 0.250. The number of nitrogens with zero attached hydrogens (tertiary/aromatic N) is 1. The molecule has 2 atom stereocenters. The minimum Gasteiger partial charge on any atom is -0.480 e. The molecule has 0 radical (unpaired) electrons. The standard InChI is InChI=1S/C11H20F2N2O2/c1-15(7-9(12)13)6-4-8-3-2-5-11(8,14)10(16)17/h8-9H,2-7,14H2,1H3,(H,16,17). The quantitative estimate of drug-likeness (QED) is 0.742. The molecule has 17 heavy (non-hydrogen) atoms. The van der Waals surface area contributed by atoms with Crippen molar-refractivity contribution in [3.8, 4) is 0 Å². The molecule has 4 nitrogen and oxygen atoms in total. The van der Waals surface area contributed by atoms with Crippen LogP contribution in [0, 0.1) is 5.92 Å². The van der Waals surface area contributed by atoms with E-state index in [-0.39, 0.29) is 12.5 Å². The van der Waals surface area contributed by atoms with Gasteiger partial charge in [0.2, 0.25) is 0 Å². The fraction of sp³-hybridized carbons (Fsp3) is 0.909. The molecule has 0 bridgehead atoms. The Kier molecular flexibility index (Phi) is 4.82. The average Bonchev–Trinajstić information content (AvgIpc) is 2.57. The summed E-state index contributed by atoms with van der Waals surface area (Å²) in [6, 6.07) is 0. The molecule has 6 heteroatoms. The number of rotatable bonds is 6. The number of carboxylic acid groups (broad SMARTS) is 1. The first-order valence-corrected chi connectivity index (χ1v) is 5.85. The molecule has 3 N–H and O–H groups in total. The molecular formula is C11H20F2N2O2. The Morgan fingerprint density at radius 1 is 1.65 bits per heavy atom. The van der Waals surface area contributed by atoms with E-state index in [4.69, 9.17) is 10.8 Å². The molecular weight excluding hydrogens is 230 g/mol. The number of carboxylic acids is 1. The highest BCUT2D eigenvalue weighted by atomic mass is 19.3. The van der Waals surface area contributed by atoms with Gasteiger partial charge in [-0.05, 0) is 38.8 Å². The van der Waals surface area contributed by atoms with Crippen LogP contribution in [0.2, 0.25) is 0 Å². The number of hydrogen-bond acceptors (Lipinski definition) is 3. The molecule has 0 aromatic carbocycles. The van der Waals surface area contributed by atoms with E-state index in [0.29, 0.717) is 19.4 Å². The summed E-state index contributed by atoms with van der Waals surface area (Å²) < 4.78 is 24.2. The fourth-order valence-corrected chi connectivity index (χ4v) is 2.49. The third-order valence-electron chi connectivity index (χ3n) is 3.58. The van der Waals surface area contributed by atoms with Crippen LogP contribution in [-0.2, 0) is 4.79 Å². The average molecular weight is 250 g/mol. The van der Waals surface area contributed by atoms with Gasteiger partial charge >= 0.3 is 5.97 Å². The van der Waals surface area contributed by atoms with E-state index in [9.17, 15) is 13.6 Å². The van der Waals surface area contributed by atoms with Gasteiger partial charge in [-0.3, -0.25) is 4.79 Å². The minimum atomic E-state index is -2.36. The molecule has 1 rings (SSSR count). The molecule has 0 heterocycles. The van der Waals surface area contributed by atoms with Crippen LogP contribution in [0.4, 0.5) is 8.78 Å². The Morgan fingerprint density at radius 3 is 2.82 bits per heavy atom. The van der Waals surface area contributed by atoms with E-state index in [1.807, 2.05) is 0 Å². The number of nitrogens with two attached hydrogens (primary N) is 1. The van der Waals surface area contributed by atoms with Crippen LogP contribution >= 0.6 is 0 Å². The monoisotopic (exact) mass is 250 g/mol. The molecule has 1 saturated carbocycles. The zero-order valence-corrected chi connectivity index (χ0v) is 10.0. The number of hydrogen-bond donors (Lipinski definition) is 2. The normalized spacial score (nSPS) is 29.2. The van der Waals surface area contributed by atoms with Crippen LogP contribution in [-0.4, -0.2) is 48.1 Å². The zero-order valence-electron chi connectivity index (χ0n) is 10.0. The van der Waals surface area contributed by atoms with Crippen molar-refractivity contribution >= 4 is 5.97 Å². The van der Waals surface area contributed by atoms with Crippen molar-refractivity contribution in [3.05, 3.63) is 0 Å². The highest BCUT2D eigenvalue weighted by molar-refractivity contribution is 5.79. The Morgan fingerprint density at radius 2 is 2.29 bits per heavy atom. The Hall–Kier alpha value is -0.750. The molecule has 100 valence electrons. The van der Waals surface area contributed by atoms with Crippen LogP contribution in [0.3, 0.4) is 0 Å². The second-order valence-electron chi connectivity index (χ2n) is 4.88. The zero-order chi connectivity index (χ0) is 13.1. The topological polar surface area (TPSA) is 66.6 Å². The summed E-state index contributed by atoms with van der Waals surface area (Å²) in [5.74, 6) is -1.09. The second-order valence-corrected chi connectivity index (χ2v) is 4.88. The number of halogens is 2. The summed E-state index contributed by atoms with van der Waals surface area (Å²) in [5, 5.41) is 9.09. The van der Waals surface area contributed by atoms with Crippen LogP contribution < -0.4 is 5.73 Å². The van der Waals surface area contributed by atoms with Crippen LogP contribution in [0.5, 0.6) is 0 Å². The van der Waals surface area contributed by atoms with Gasteiger partial charge in [-0.1, -0.05) is 6.42 Å². The highest BCUT2D eigenvalue weighted by Crippen LogP contribution is 2.36. The second kappa shape index (κ2) is 5.73. The first kappa shape index (κ1) is 14.3. The van der Waals surface area contributed by atoms with Gasteiger partial charge in [0.1, 0.15) is 5.54 Å². The van der Waals surface area contributed by atoms with Gasteiger partial charge in [-0.25, -0.2) is 8.78 Å². The van der Waals surface area contributed by atoms with Gasteiger partial charge in [0.25, 0.3) is 6.43 Å². The van der Waals surface area contributed by atoms with Gasteiger partial charge < -0.3 is 15.7 Å². The fourth-order valence-electron chi connectivity index (χ4n) is 2.49. The van der Waals surface area contributed by atoms with Crippen LogP contribution in [0.1, 0.15) is 25.7 Å². The maximum atomic E-state index is 12.1. The minimum absolute atomic E-state index is 0.111. The summed E-state index contributed by atoms with van der Waals surface area (Å²) in [7, 11) is 1.61. The lowest BCUT2D eigenvalue weighted by atomic mass is 9.85. The first-order chi connectivity index (χ1) is 7.86. The molecule has 0 saturated heterocycles. The van der Waals surface area contributed by atoms with E-state index >= 15 is 0 Å². The highest BCUT2D eigenvalue weighted by Gasteiger charge is 2.45. The Balaban J connectivity index is 2.43. The molecule has 1 aliphatic carbocycles. The van der Waals surface area contributed by atoms with Gasteiger partial charge in [0.05, 0.1) is 6.54 Å². The largest absolute Gasteiger partial charge is 0.480 e. The SMILES string of the molecule is CN(CCC1CCCC1(N)C(=O)O)CC(F)F. The number of carbonyl (C=O) groups is 1. The molecule has 0 aromatic heterocycles. The number of alkyl halides is 2. The number of aliphatic carboxylic acids is 1. The van der Waals surface area contributed by atoms with Crippen molar-refractivity contribution in [2.75, 3.05) is 20.1 Å².